The SMILES string of the molecule is CCOC(=O)c1nc(CN2CCC[C@H](CNS(C)(=O)=O)C2)cs1. The summed E-state index contributed by atoms with van der Waals surface area (Å²) in [7, 11) is -3.14. The lowest BCUT2D eigenvalue weighted by Gasteiger charge is -2.32. The number of nitrogens with zero attached hydrogens (tertiary/aromatic N) is 2. The summed E-state index contributed by atoms with van der Waals surface area (Å²) < 4.78 is 29.9. The molecule has 0 aliphatic carbocycles. The monoisotopic (exact) mass is 361 g/mol. The largest absolute Gasteiger partial charge is 0.461 e. The van der Waals surface area contributed by atoms with E-state index in [-0.39, 0.29) is 5.97 Å². The first kappa shape index (κ1) is 18.3. The van der Waals surface area contributed by atoms with Crippen LogP contribution in [-0.4, -0.2) is 56.8 Å². The average molecular weight is 361 g/mol. The van der Waals surface area contributed by atoms with Crippen molar-refractivity contribution in [2.75, 3.05) is 32.5 Å². The van der Waals surface area contributed by atoms with Gasteiger partial charge in [0.15, 0.2) is 0 Å². The average Bonchev–Trinajstić information content (AvgIpc) is 2.94. The molecule has 1 aliphatic heterocycles. The molecule has 1 aromatic heterocycles. The molecule has 0 bridgehead atoms. The van der Waals surface area contributed by atoms with E-state index in [1.54, 1.807) is 6.92 Å². The van der Waals surface area contributed by atoms with Crippen molar-refractivity contribution in [2.45, 2.75) is 26.3 Å². The van der Waals surface area contributed by atoms with E-state index in [1.165, 1.54) is 17.6 Å². The van der Waals surface area contributed by atoms with Gasteiger partial charge in [-0.1, -0.05) is 0 Å². The molecule has 0 unspecified atom stereocenters. The van der Waals surface area contributed by atoms with Gasteiger partial charge in [-0.15, -0.1) is 11.3 Å². The fourth-order valence-electron chi connectivity index (χ4n) is 2.63. The van der Waals surface area contributed by atoms with Crippen molar-refractivity contribution in [3.05, 3.63) is 16.1 Å². The molecule has 1 aromatic rings. The normalized spacial score (nSPS) is 19.7. The van der Waals surface area contributed by atoms with Crippen LogP contribution in [0.15, 0.2) is 5.38 Å². The minimum absolute atomic E-state index is 0.307. The fourth-order valence-corrected chi connectivity index (χ4v) is 3.86. The Hall–Kier alpha value is -1.03. The van der Waals surface area contributed by atoms with Crippen molar-refractivity contribution < 1.29 is 17.9 Å². The van der Waals surface area contributed by atoms with Crippen LogP contribution in [0, 0.1) is 5.92 Å². The third-order valence-electron chi connectivity index (χ3n) is 3.62. The molecule has 23 heavy (non-hydrogen) atoms. The van der Waals surface area contributed by atoms with Crippen LogP contribution in [0.2, 0.25) is 0 Å². The molecule has 0 spiro atoms. The number of hydrogen-bond donors (Lipinski definition) is 1. The Morgan fingerprint density at radius 1 is 1.57 bits per heavy atom. The van der Waals surface area contributed by atoms with Gasteiger partial charge >= 0.3 is 5.97 Å². The van der Waals surface area contributed by atoms with E-state index in [0.717, 1.165) is 31.6 Å². The van der Waals surface area contributed by atoms with Gasteiger partial charge in [0.25, 0.3) is 0 Å². The van der Waals surface area contributed by atoms with E-state index in [0.29, 0.717) is 30.6 Å². The molecule has 0 aromatic carbocycles. The zero-order valence-electron chi connectivity index (χ0n) is 13.4. The molecule has 1 saturated heterocycles. The number of nitrogens with one attached hydrogen (secondary N) is 1. The maximum atomic E-state index is 11.6. The molecule has 1 fully saturated rings. The highest BCUT2D eigenvalue weighted by Crippen LogP contribution is 2.19. The summed E-state index contributed by atoms with van der Waals surface area (Å²) in [5.74, 6) is -0.0701. The first-order chi connectivity index (χ1) is 10.9. The van der Waals surface area contributed by atoms with Gasteiger partial charge in [0, 0.05) is 25.0 Å². The second kappa shape index (κ2) is 8.18. The summed E-state index contributed by atoms with van der Waals surface area (Å²) in [5, 5.41) is 2.26. The third kappa shape index (κ3) is 6.17. The van der Waals surface area contributed by atoms with Gasteiger partial charge in [0.1, 0.15) is 0 Å². The van der Waals surface area contributed by atoms with Crippen LogP contribution in [0.4, 0.5) is 0 Å². The van der Waals surface area contributed by atoms with Crippen LogP contribution >= 0.6 is 11.3 Å². The molecule has 0 radical (unpaired) electrons. The standard InChI is InChI=1S/C14H23N3O4S2/c1-3-21-14(18)13-16-12(10-22-13)9-17-6-4-5-11(8-17)7-15-23(2,19)20/h10-11,15H,3-9H2,1-2H3/t11-/m1/s1. The summed E-state index contributed by atoms with van der Waals surface area (Å²) in [4.78, 5) is 18.2. The number of esters is 1. The molecule has 0 amide bonds. The van der Waals surface area contributed by atoms with E-state index >= 15 is 0 Å². The van der Waals surface area contributed by atoms with Crippen molar-refractivity contribution in [1.82, 2.24) is 14.6 Å². The van der Waals surface area contributed by atoms with Gasteiger partial charge in [-0.3, -0.25) is 4.90 Å². The number of sulfonamides is 1. The number of hydrogen-bond acceptors (Lipinski definition) is 7. The topological polar surface area (TPSA) is 88.6 Å². The van der Waals surface area contributed by atoms with Crippen molar-refractivity contribution in [1.29, 1.82) is 0 Å². The third-order valence-corrected chi connectivity index (χ3v) is 5.19. The van der Waals surface area contributed by atoms with Crippen LogP contribution in [0.25, 0.3) is 0 Å². The van der Waals surface area contributed by atoms with Gasteiger partial charge in [-0.25, -0.2) is 22.9 Å². The fraction of sp³-hybridized carbons (Fsp3) is 0.714. The first-order valence-electron chi connectivity index (χ1n) is 7.66. The van der Waals surface area contributed by atoms with Crippen molar-refractivity contribution in [2.24, 2.45) is 5.92 Å². The number of thiazole rings is 1. The van der Waals surface area contributed by atoms with Crippen LogP contribution in [0.3, 0.4) is 0 Å². The second-order valence-electron chi connectivity index (χ2n) is 5.73. The van der Waals surface area contributed by atoms with E-state index in [9.17, 15) is 13.2 Å². The maximum Gasteiger partial charge on any atom is 0.367 e. The molecule has 1 atom stereocenters. The lowest BCUT2D eigenvalue weighted by molar-refractivity contribution is 0.0525. The number of ether oxygens (including phenoxy) is 1. The van der Waals surface area contributed by atoms with Gasteiger partial charge < -0.3 is 4.74 Å². The van der Waals surface area contributed by atoms with Crippen LogP contribution in [0.1, 0.15) is 35.3 Å². The lowest BCUT2D eigenvalue weighted by Crippen LogP contribution is -2.40. The summed E-state index contributed by atoms with van der Waals surface area (Å²) in [6.07, 6.45) is 3.23. The zero-order chi connectivity index (χ0) is 16.9. The highest BCUT2D eigenvalue weighted by atomic mass is 32.2. The van der Waals surface area contributed by atoms with Crippen molar-refractivity contribution >= 4 is 27.3 Å². The number of rotatable bonds is 7. The number of likely N-dealkylation sites (tertiary alicyclic amines) is 1. The predicted molar refractivity (Wildman–Crippen MR) is 88.9 cm³/mol. The summed E-state index contributed by atoms with van der Waals surface area (Å²) in [5.41, 5.74) is 0.856. The molecule has 7 nitrogen and oxygen atoms in total. The Morgan fingerprint density at radius 3 is 3.04 bits per heavy atom. The van der Waals surface area contributed by atoms with Crippen molar-refractivity contribution in [3.8, 4) is 0 Å². The molecule has 130 valence electrons. The van der Waals surface area contributed by atoms with Crippen LogP contribution in [0.5, 0.6) is 0 Å². The molecule has 1 N–H and O–H groups in total. The predicted octanol–water partition coefficient (Wildman–Crippen LogP) is 1.08. The number of piperidine rings is 1. The lowest BCUT2D eigenvalue weighted by atomic mass is 9.98. The molecule has 2 rings (SSSR count). The van der Waals surface area contributed by atoms with Gasteiger partial charge in [0.2, 0.25) is 15.0 Å². The zero-order valence-corrected chi connectivity index (χ0v) is 15.1. The van der Waals surface area contributed by atoms with E-state index in [2.05, 4.69) is 14.6 Å². The van der Waals surface area contributed by atoms with Crippen molar-refractivity contribution in [3.63, 3.8) is 0 Å². The Labute approximate surface area is 141 Å². The van der Waals surface area contributed by atoms with Crippen LogP contribution in [-0.2, 0) is 21.3 Å². The Balaban J connectivity index is 1.86. The smallest absolute Gasteiger partial charge is 0.367 e. The maximum absolute atomic E-state index is 11.6. The molecular weight excluding hydrogens is 338 g/mol. The first-order valence-corrected chi connectivity index (χ1v) is 10.4. The van der Waals surface area contributed by atoms with Gasteiger partial charge in [-0.05, 0) is 32.2 Å². The number of carbonyl (C=O) groups excluding carboxylic acids is 1. The molecule has 9 heteroatoms. The summed E-state index contributed by atoms with van der Waals surface area (Å²) in [6.45, 7) is 5.04. The van der Waals surface area contributed by atoms with Crippen LogP contribution < -0.4 is 4.72 Å². The second-order valence-corrected chi connectivity index (χ2v) is 8.42. The van der Waals surface area contributed by atoms with Gasteiger partial charge in [-0.2, -0.15) is 0 Å². The summed E-state index contributed by atoms with van der Waals surface area (Å²) in [6, 6.07) is 0. The molecular formula is C14H23N3O4S2. The molecule has 0 saturated carbocycles. The van der Waals surface area contributed by atoms with E-state index < -0.39 is 10.0 Å². The minimum atomic E-state index is -3.14. The quantitative estimate of drug-likeness (QED) is 0.731. The van der Waals surface area contributed by atoms with Gasteiger partial charge in [0.05, 0.1) is 18.6 Å². The highest BCUT2D eigenvalue weighted by Gasteiger charge is 2.22. The number of aromatic nitrogens is 1. The highest BCUT2D eigenvalue weighted by molar-refractivity contribution is 7.88. The summed E-state index contributed by atoms with van der Waals surface area (Å²) >= 11 is 1.30. The number of carbonyl (C=O) groups is 1. The molecule has 2 heterocycles. The molecule has 1 aliphatic rings. The Bertz CT molecular complexity index is 630. The Morgan fingerprint density at radius 2 is 2.35 bits per heavy atom. The van der Waals surface area contributed by atoms with E-state index in [1.807, 2.05) is 5.38 Å². The minimum Gasteiger partial charge on any atom is -0.461 e. The Kier molecular flexibility index (Phi) is 6.51. The van der Waals surface area contributed by atoms with E-state index in [4.69, 9.17) is 4.74 Å².